The molecule has 3 heteroatoms. The highest BCUT2D eigenvalue weighted by Gasteiger charge is 1.88. The molecule has 0 aromatic carbocycles. The fourth-order valence-corrected chi connectivity index (χ4v) is 0.770. The minimum absolute atomic E-state index is 0.646. The van der Waals surface area contributed by atoms with Crippen molar-refractivity contribution in [1.29, 1.82) is 0 Å². The average Bonchev–Trinajstić information content (AvgIpc) is 2.04. The number of halogens is 2. The van der Waals surface area contributed by atoms with Crippen LogP contribution in [-0.2, 0) is 0 Å². The molecule has 0 spiro atoms. The molecule has 0 aromatic rings. The minimum Gasteiger partial charge on any atom is -0.311 e. The van der Waals surface area contributed by atoms with Crippen LogP contribution in [0.2, 0.25) is 0 Å². The van der Waals surface area contributed by atoms with Crippen LogP contribution in [0.3, 0.4) is 0 Å². The average molecular weight is 194 g/mol. The van der Waals surface area contributed by atoms with E-state index in [4.69, 9.17) is 23.2 Å². The molecule has 0 rings (SSSR count). The van der Waals surface area contributed by atoms with Gasteiger partial charge in [-0.1, -0.05) is 35.4 Å². The highest BCUT2D eigenvalue weighted by atomic mass is 35.5. The number of hydrogen-bond donors (Lipinski definition) is 1. The van der Waals surface area contributed by atoms with Crippen molar-refractivity contribution in [3.05, 3.63) is 22.7 Å². The summed E-state index contributed by atoms with van der Waals surface area (Å²) in [6.45, 7) is 3.60. The van der Waals surface area contributed by atoms with Gasteiger partial charge in [-0.15, -0.1) is 0 Å². The Morgan fingerprint density at radius 2 is 2.27 bits per heavy atom. The van der Waals surface area contributed by atoms with Crippen LogP contribution in [0.1, 0.15) is 13.3 Å². The molecule has 0 aliphatic heterocycles. The van der Waals surface area contributed by atoms with E-state index in [-0.39, 0.29) is 0 Å². The van der Waals surface area contributed by atoms with Crippen molar-refractivity contribution >= 4 is 23.2 Å². The van der Waals surface area contributed by atoms with Crippen LogP contribution in [0.25, 0.3) is 0 Å². The van der Waals surface area contributed by atoms with Gasteiger partial charge in [0.2, 0.25) is 0 Å². The van der Waals surface area contributed by atoms with Crippen molar-refractivity contribution in [2.45, 2.75) is 13.3 Å². The van der Waals surface area contributed by atoms with Gasteiger partial charge in [0.25, 0.3) is 0 Å². The molecule has 64 valence electrons. The molecule has 0 radical (unpaired) electrons. The van der Waals surface area contributed by atoms with Gasteiger partial charge < -0.3 is 5.32 Å². The van der Waals surface area contributed by atoms with Crippen LogP contribution in [0, 0.1) is 0 Å². The summed E-state index contributed by atoms with van der Waals surface area (Å²) in [7, 11) is 0. The van der Waals surface area contributed by atoms with Gasteiger partial charge in [-0.2, -0.15) is 0 Å². The Bertz CT molecular complexity index is 141. The fraction of sp³-hybridized carbons (Fsp3) is 0.500. The first-order valence-electron chi connectivity index (χ1n) is 3.58. The third-order valence-electron chi connectivity index (χ3n) is 1.14. The second-order valence-corrected chi connectivity index (χ2v) is 2.79. The Hall–Kier alpha value is 0.0200. The summed E-state index contributed by atoms with van der Waals surface area (Å²) in [5.74, 6) is 0. The van der Waals surface area contributed by atoms with E-state index in [1.807, 2.05) is 13.0 Å². The summed E-state index contributed by atoms with van der Waals surface area (Å²) in [6, 6.07) is 0. The first kappa shape index (κ1) is 11.0. The Kier molecular flexibility index (Phi) is 8.13. The van der Waals surface area contributed by atoms with E-state index in [0.29, 0.717) is 11.6 Å². The highest BCUT2D eigenvalue weighted by Crippen LogP contribution is 1.99. The number of nitrogens with one attached hydrogen (secondary N) is 1. The quantitative estimate of drug-likeness (QED) is 0.524. The lowest BCUT2D eigenvalue weighted by molar-refractivity contribution is 0.751. The van der Waals surface area contributed by atoms with E-state index >= 15 is 0 Å². The van der Waals surface area contributed by atoms with Gasteiger partial charge in [0.05, 0.1) is 0 Å². The highest BCUT2D eigenvalue weighted by molar-refractivity contribution is 6.36. The largest absolute Gasteiger partial charge is 0.311 e. The first-order chi connectivity index (χ1) is 5.31. The fourth-order valence-electron chi connectivity index (χ4n) is 0.598. The second-order valence-electron chi connectivity index (χ2n) is 2.09. The molecule has 11 heavy (non-hydrogen) atoms. The molecule has 0 aliphatic rings. The molecular formula is C8H13Cl2N. The molecule has 1 nitrogen and oxygen atoms in total. The zero-order chi connectivity index (χ0) is 8.53. The van der Waals surface area contributed by atoms with Crippen molar-refractivity contribution in [2.24, 2.45) is 0 Å². The maximum atomic E-state index is 5.63. The van der Waals surface area contributed by atoms with Gasteiger partial charge in [-0.3, -0.25) is 0 Å². The predicted molar refractivity (Wildman–Crippen MR) is 52.1 cm³/mol. The Morgan fingerprint density at radius 3 is 2.82 bits per heavy atom. The normalized spacial score (nSPS) is 12.8. The predicted octanol–water partition coefficient (Wildman–Crippen LogP) is 2.86. The van der Waals surface area contributed by atoms with E-state index in [2.05, 4.69) is 11.4 Å². The maximum Gasteiger partial charge on any atom is 0.0431 e. The van der Waals surface area contributed by atoms with Gasteiger partial charge >= 0.3 is 0 Å². The van der Waals surface area contributed by atoms with E-state index in [0.717, 1.165) is 13.0 Å². The summed E-state index contributed by atoms with van der Waals surface area (Å²) >= 11 is 11.0. The molecule has 0 aliphatic carbocycles. The monoisotopic (exact) mass is 193 g/mol. The van der Waals surface area contributed by atoms with Crippen LogP contribution < -0.4 is 5.32 Å². The Labute approximate surface area is 78.1 Å². The van der Waals surface area contributed by atoms with Crippen molar-refractivity contribution < 1.29 is 0 Å². The number of rotatable bonds is 5. The molecule has 0 amide bonds. The van der Waals surface area contributed by atoms with Crippen LogP contribution in [0.15, 0.2) is 22.7 Å². The molecule has 0 fully saturated rings. The van der Waals surface area contributed by atoms with Gasteiger partial charge in [0.1, 0.15) is 0 Å². The van der Waals surface area contributed by atoms with Gasteiger partial charge in [0.15, 0.2) is 0 Å². The number of hydrogen-bond acceptors (Lipinski definition) is 1. The smallest absolute Gasteiger partial charge is 0.0431 e. The van der Waals surface area contributed by atoms with E-state index in [9.17, 15) is 0 Å². The molecular weight excluding hydrogens is 181 g/mol. The van der Waals surface area contributed by atoms with E-state index < -0.39 is 0 Å². The molecule has 0 heterocycles. The topological polar surface area (TPSA) is 12.0 Å². The molecule has 0 aromatic heterocycles. The molecule has 0 unspecified atom stereocenters. The first-order valence-corrected chi connectivity index (χ1v) is 4.39. The van der Waals surface area contributed by atoms with Gasteiger partial charge in [-0.05, 0) is 19.9 Å². The molecule has 0 atom stereocenters. The molecule has 1 N–H and O–H groups in total. The Morgan fingerprint density at radius 1 is 1.55 bits per heavy atom. The molecule has 0 saturated heterocycles. The van der Waals surface area contributed by atoms with Gasteiger partial charge in [-0.25, -0.2) is 0 Å². The second kappa shape index (κ2) is 8.12. The van der Waals surface area contributed by atoms with Crippen LogP contribution >= 0.6 is 23.2 Å². The van der Waals surface area contributed by atoms with Crippen molar-refractivity contribution in [2.75, 3.05) is 13.1 Å². The minimum atomic E-state index is 0.646. The third kappa shape index (κ3) is 7.92. The lowest BCUT2D eigenvalue weighted by atomic mass is 10.4. The lowest BCUT2D eigenvalue weighted by Gasteiger charge is -1.99. The van der Waals surface area contributed by atoms with Crippen molar-refractivity contribution in [3.8, 4) is 0 Å². The standard InChI is InChI=1S/C8H13Cl2N/c1-2-3-4-5-11-7-8(10)6-9/h2-3,6,11H,4-5,7H2,1H3/b3-2+,8-6-. The van der Waals surface area contributed by atoms with E-state index in [1.165, 1.54) is 5.54 Å². The van der Waals surface area contributed by atoms with E-state index in [1.54, 1.807) is 0 Å². The van der Waals surface area contributed by atoms with Crippen LogP contribution in [0.5, 0.6) is 0 Å². The summed E-state index contributed by atoms with van der Waals surface area (Å²) in [6.07, 6.45) is 5.16. The molecule has 0 bridgehead atoms. The Balaban J connectivity index is 3.15. The van der Waals surface area contributed by atoms with Crippen molar-refractivity contribution in [3.63, 3.8) is 0 Å². The summed E-state index contributed by atoms with van der Waals surface area (Å²) in [4.78, 5) is 0. The molecule has 0 saturated carbocycles. The van der Waals surface area contributed by atoms with Crippen molar-refractivity contribution in [1.82, 2.24) is 5.32 Å². The number of allylic oxidation sites excluding steroid dienone is 1. The summed E-state index contributed by atoms with van der Waals surface area (Å²) in [5.41, 5.74) is 1.38. The summed E-state index contributed by atoms with van der Waals surface area (Å²) < 4.78 is 0. The maximum absolute atomic E-state index is 5.63. The SMILES string of the molecule is C/C=C/CCNC/C(Cl)=C/Cl. The van der Waals surface area contributed by atoms with Crippen LogP contribution in [0.4, 0.5) is 0 Å². The zero-order valence-electron chi connectivity index (χ0n) is 6.61. The third-order valence-corrected chi connectivity index (χ3v) is 1.75. The van der Waals surface area contributed by atoms with Crippen LogP contribution in [-0.4, -0.2) is 13.1 Å². The van der Waals surface area contributed by atoms with Gasteiger partial charge in [0, 0.05) is 17.1 Å². The summed E-state index contributed by atoms with van der Waals surface area (Å²) in [5, 5.41) is 3.78. The lowest BCUT2D eigenvalue weighted by Crippen LogP contribution is -2.16. The zero-order valence-corrected chi connectivity index (χ0v) is 8.12.